The van der Waals surface area contributed by atoms with Gasteiger partial charge in [-0.3, -0.25) is 19.2 Å². The van der Waals surface area contributed by atoms with Gasteiger partial charge in [0.1, 0.15) is 6.04 Å². The van der Waals surface area contributed by atoms with Gasteiger partial charge in [-0.1, -0.05) is 97.0 Å². The van der Waals surface area contributed by atoms with E-state index in [-0.39, 0.29) is 27.9 Å². The highest BCUT2D eigenvalue weighted by Crippen LogP contribution is 2.29. The summed E-state index contributed by atoms with van der Waals surface area (Å²) in [6.07, 6.45) is -3.58. The Morgan fingerprint density at radius 1 is 0.882 bits per heavy atom. The van der Waals surface area contributed by atoms with Gasteiger partial charge in [0.15, 0.2) is 0 Å². The minimum Gasteiger partial charge on any atom is -0.344 e. The van der Waals surface area contributed by atoms with Crippen LogP contribution in [0, 0.1) is 11.3 Å². The van der Waals surface area contributed by atoms with E-state index in [4.69, 9.17) is 0 Å². The molecule has 2 aromatic rings. The van der Waals surface area contributed by atoms with E-state index in [1.54, 1.807) is 19.4 Å². The smallest absolute Gasteiger partial charge is 0.344 e. The van der Waals surface area contributed by atoms with Gasteiger partial charge >= 0.3 is 12.1 Å². The zero-order valence-electron chi connectivity index (χ0n) is 30.7. The van der Waals surface area contributed by atoms with E-state index in [1.165, 1.54) is 30.0 Å². The van der Waals surface area contributed by atoms with E-state index < -0.39 is 69.4 Å². The first-order valence-corrected chi connectivity index (χ1v) is 17.8. The van der Waals surface area contributed by atoms with Crippen LogP contribution in [0.2, 0.25) is 0 Å². The second-order valence-corrected chi connectivity index (χ2v) is 16.1. The van der Waals surface area contributed by atoms with Gasteiger partial charge in [0.05, 0.1) is 17.0 Å². The van der Waals surface area contributed by atoms with E-state index in [1.807, 2.05) is 83.5 Å². The lowest BCUT2D eigenvalue weighted by Crippen LogP contribution is -2.61. The Bertz CT molecular complexity index is 1690. The number of alkyl halides is 3. The van der Waals surface area contributed by atoms with Crippen molar-refractivity contribution in [2.45, 2.75) is 96.5 Å². The van der Waals surface area contributed by atoms with Gasteiger partial charge < -0.3 is 20.9 Å². The minimum atomic E-state index is -5.06. The lowest BCUT2D eigenvalue weighted by Gasteiger charge is -2.40. The molecule has 4 N–H and O–H groups in total. The van der Waals surface area contributed by atoms with E-state index in [2.05, 4.69) is 10.6 Å². The van der Waals surface area contributed by atoms with E-state index in [9.17, 15) is 40.8 Å². The molecule has 4 amide bonds. The van der Waals surface area contributed by atoms with Crippen molar-refractivity contribution in [2.75, 3.05) is 14.1 Å². The molecule has 0 aromatic heterocycles. The largest absolute Gasteiger partial charge is 0.471 e. The molecule has 282 valence electrons. The first kappa shape index (κ1) is 42.9. The highest BCUT2D eigenvalue weighted by molar-refractivity contribution is 7.90. The zero-order valence-corrected chi connectivity index (χ0v) is 31.5. The number of hydrogen-bond acceptors (Lipinski definition) is 7. The van der Waals surface area contributed by atoms with Crippen molar-refractivity contribution in [3.05, 3.63) is 77.4 Å². The molecular weight excluding hydrogens is 687 g/mol. The summed E-state index contributed by atoms with van der Waals surface area (Å²) >= 11 is 0. The van der Waals surface area contributed by atoms with Crippen LogP contribution in [-0.4, -0.2) is 75.3 Å². The van der Waals surface area contributed by atoms with Crippen molar-refractivity contribution in [3.8, 4) is 0 Å². The maximum atomic E-state index is 14.1. The second-order valence-electron chi connectivity index (χ2n) is 14.4. The SMILES string of the molecule is CN[C@H](C(=O)N[C@H](C(=O)N(C)[C@H](C=C(C)C(=O)NS(=O)(=O)c1ccc(CNC(=O)C(F)(F)F)cc1)C(C)C)C(C)(C)C)C(C)(C)c1ccccc1. The number of benzene rings is 2. The Morgan fingerprint density at radius 3 is 1.90 bits per heavy atom. The number of amides is 4. The molecule has 0 heterocycles. The molecule has 15 heteroatoms. The summed E-state index contributed by atoms with van der Waals surface area (Å²) in [7, 11) is -1.16. The summed E-state index contributed by atoms with van der Waals surface area (Å²) in [5.74, 6) is -4.11. The molecule has 0 bridgehead atoms. The molecule has 51 heavy (non-hydrogen) atoms. The van der Waals surface area contributed by atoms with Crippen LogP contribution in [0.4, 0.5) is 13.2 Å². The van der Waals surface area contributed by atoms with Gasteiger partial charge in [0.25, 0.3) is 15.9 Å². The number of carbonyl (C=O) groups excluding carboxylic acids is 4. The number of halogens is 3. The fourth-order valence-corrected chi connectivity index (χ4v) is 6.51. The van der Waals surface area contributed by atoms with E-state index in [0.29, 0.717) is 0 Å². The second kappa shape index (κ2) is 16.9. The molecule has 0 unspecified atom stereocenters. The Kier molecular flexibility index (Phi) is 14.2. The molecule has 0 aliphatic heterocycles. The normalized spacial score (nSPS) is 14.7. The number of rotatable bonds is 14. The van der Waals surface area contributed by atoms with Crippen LogP contribution in [0.5, 0.6) is 0 Å². The van der Waals surface area contributed by atoms with Crippen molar-refractivity contribution < 1.29 is 40.8 Å². The number of nitrogens with one attached hydrogen (secondary N) is 4. The van der Waals surface area contributed by atoms with Crippen molar-refractivity contribution >= 4 is 33.7 Å². The van der Waals surface area contributed by atoms with Crippen LogP contribution in [0.15, 0.2) is 71.1 Å². The van der Waals surface area contributed by atoms with Gasteiger partial charge in [-0.25, -0.2) is 13.1 Å². The van der Waals surface area contributed by atoms with Crippen LogP contribution in [-0.2, 0) is 41.2 Å². The molecule has 0 aliphatic rings. The summed E-state index contributed by atoms with van der Waals surface area (Å²) in [6.45, 7) is 13.9. The first-order valence-electron chi connectivity index (χ1n) is 16.3. The van der Waals surface area contributed by atoms with Crippen molar-refractivity contribution in [1.82, 2.24) is 25.6 Å². The number of likely N-dealkylation sites (N-methyl/N-ethyl adjacent to an activating group) is 2. The molecule has 0 radical (unpaired) electrons. The highest BCUT2D eigenvalue weighted by Gasteiger charge is 2.42. The predicted octanol–water partition coefficient (Wildman–Crippen LogP) is 4.20. The topological polar surface area (TPSA) is 154 Å². The third-order valence-electron chi connectivity index (χ3n) is 8.62. The van der Waals surface area contributed by atoms with Crippen molar-refractivity contribution in [1.29, 1.82) is 0 Å². The molecule has 0 aliphatic carbocycles. The molecule has 2 aromatic carbocycles. The maximum Gasteiger partial charge on any atom is 0.471 e. The van der Waals surface area contributed by atoms with Gasteiger partial charge in [-0.15, -0.1) is 0 Å². The average Bonchev–Trinajstić information content (AvgIpc) is 3.03. The molecule has 0 fully saturated rings. The van der Waals surface area contributed by atoms with Gasteiger partial charge in [0.2, 0.25) is 11.8 Å². The minimum absolute atomic E-state index is 0.000361. The van der Waals surface area contributed by atoms with Gasteiger partial charge in [-0.2, -0.15) is 13.2 Å². The third kappa shape index (κ3) is 11.4. The third-order valence-corrected chi connectivity index (χ3v) is 9.96. The quantitative estimate of drug-likeness (QED) is 0.212. The molecular formula is C36H50F3N5O6S. The van der Waals surface area contributed by atoms with Crippen molar-refractivity contribution in [2.24, 2.45) is 11.3 Å². The molecule has 3 atom stereocenters. The molecule has 0 saturated carbocycles. The van der Waals surface area contributed by atoms with Crippen molar-refractivity contribution in [3.63, 3.8) is 0 Å². The predicted molar refractivity (Wildman–Crippen MR) is 189 cm³/mol. The summed E-state index contributed by atoms with van der Waals surface area (Å²) in [6, 6.07) is 11.8. The van der Waals surface area contributed by atoms with Crippen LogP contribution >= 0.6 is 0 Å². The summed E-state index contributed by atoms with van der Waals surface area (Å²) in [5.41, 5.74) is -0.224. The van der Waals surface area contributed by atoms with Crippen LogP contribution < -0.4 is 20.7 Å². The monoisotopic (exact) mass is 737 g/mol. The maximum absolute atomic E-state index is 14.1. The number of hydrogen-bond donors (Lipinski definition) is 4. The Hall–Kier alpha value is -4.24. The highest BCUT2D eigenvalue weighted by atomic mass is 32.2. The number of nitrogens with zero attached hydrogens (tertiary/aromatic N) is 1. The molecule has 2 rings (SSSR count). The Labute approximate surface area is 298 Å². The standard InChI is InChI=1S/C36H50F3N5O6S/c1-22(2)27(20-23(3)30(45)43-51(49,50)26-18-16-24(17-19-26)21-41-33(48)36(37,38)39)44(10)32(47)29(34(4,5)6)42-31(46)28(40-9)35(7,8)25-14-12-11-13-15-25/h11-20,22,27-29,40H,21H2,1-10H3,(H,41,48)(H,42,46)(H,43,45)/t27-,28-,29-/m1/s1. The Morgan fingerprint density at radius 2 is 1.43 bits per heavy atom. The lowest BCUT2D eigenvalue weighted by atomic mass is 9.76. The van der Waals surface area contributed by atoms with Gasteiger partial charge in [0, 0.05) is 24.6 Å². The number of sulfonamides is 1. The Balaban J connectivity index is 2.26. The fraction of sp³-hybridized carbons (Fsp3) is 0.500. The van der Waals surface area contributed by atoms with E-state index >= 15 is 0 Å². The number of carbonyl (C=O) groups is 4. The summed E-state index contributed by atoms with van der Waals surface area (Å²) < 4.78 is 65.3. The summed E-state index contributed by atoms with van der Waals surface area (Å²) in [4.78, 5) is 53.2. The summed E-state index contributed by atoms with van der Waals surface area (Å²) in [5, 5.41) is 7.76. The van der Waals surface area contributed by atoms with Crippen LogP contribution in [0.25, 0.3) is 0 Å². The molecule has 0 saturated heterocycles. The fourth-order valence-electron chi connectivity index (χ4n) is 5.49. The van der Waals surface area contributed by atoms with E-state index in [0.717, 1.165) is 17.7 Å². The average molecular weight is 738 g/mol. The zero-order chi connectivity index (χ0) is 39.1. The van der Waals surface area contributed by atoms with Gasteiger partial charge in [-0.05, 0) is 48.6 Å². The lowest BCUT2D eigenvalue weighted by molar-refractivity contribution is -0.173. The van der Waals surface area contributed by atoms with Crippen LogP contribution in [0.3, 0.4) is 0 Å². The molecule has 0 spiro atoms. The van der Waals surface area contributed by atoms with Crippen LogP contribution in [0.1, 0.15) is 66.5 Å². The first-order chi connectivity index (χ1) is 23.3. The molecule has 11 nitrogen and oxygen atoms in total.